The third-order valence-corrected chi connectivity index (χ3v) is 13.5. The molecule has 7 heteroatoms. The SMILES string of the molecule is CC(C)(C)c1ccc(-c2ccc3c(c2)B2c4cc(-c5ccc(C(C)(C)C)cc5)ccc4N(c4cccc5ccccc45)c4cc(OC(F)(F)F)cc(c42)N3c2cccc3ccccc23)cc1. The molecule has 66 heavy (non-hydrogen) atoms. The number of hydrogen-bond donors (Lipinski definition) is 0. The van der Waals surface area contributed by atoms with Crippen molar-refractivity contribution in [3.8, 4) is 28.0 Å². The Morgan fingerprint density at radius 2 is 0.788 bits per heavy atom. The number of anilines is 6. The molecule has 9 aromatic carbocycles. The summed E-state index contributed by atoms with van der Waals surface area (Å²) in [5, 5.41) is 4.00. The van der Waals surface area contributed by atoms with Gasteiger partial charge in [-0.15, -0.1) is 13.2 Å². The Bertz CT molecular complexity index is 3140. The number of benzene rings is 9. The summed E-state index contributed by atoms with van der Waals surface area (Å²) >= 11 is 0. The molecule has 0 amide bonds. The van der Waals surface area contributed by atoms with Crippen molar-refractivity contribution >= 4 is 78.8 Å². The highest BCUT2D eigenvalue weighted by Gasteiger charge is 2.45. The Morgan fingerprint density at radius 1 is 0.394 bits per heavy atom. The van der Waals surface area contributed by atoms with Crippen LogP contribution >= 0.6 is 0 Å². The fourth-order valence-electron chi connectivity index (χ4n) is 10.2. The van der Waals surface area contributed by atoms with E-state index in [1.165, 1.54) is 11.1 Å². The quantitative estimate of drug-likeness (QED) is 0.160. The van der Waals surface area contributed by atoms with Crippen LogP contribution in [0, 0.1) is 0 Å². The zero-order valence-corrected chi connectivity index (χ0v) is 37.8. The van der Waals surface area contributed by atoms with Crippen molar-refractivity contribution in [2.24, 2.45) is 0 Å². The van der Waals surface area contributed by atoms with Gasteiger partial charge in [0.2, 0.25) is 0 Å². The van der Waals surface area contributed by atoms with Gasteiger partial charge in [-0.3, -0.25) is 0 Å². The van der Waals surface area contributed by atoms with E-state index in [2.05, 4.69) is 185 Å². The lowest BCUT2D eigenvalue weighted by Crippen LogP contribution is -2.61. The van der Waals surface area contributed by atoms with Crippen LogP contribution in [-0.4, -0.2) is 13.1 Å². The molecule has 0 radical (unpaired) electrons. The van der Waals surface area contributed by atoms with Crippen LogP contribution in [0.4, 0.5) is 47.3 Å². The predicted octanol–water partition coefficient (Wildman–Crippen LogP) is 14.9. The predicted molar refractivity (Wildman–Crippen MR) is 270 cm³/mol. The van der Waals surface area contributed by atoms with Crippen molar-refractivity contribution in [3.63, 3.8) is 0 Å². The first-order chi connectivity index (χ1) is 31.6. The molecule has 3 nitrogen and oxygen atoms in total. The summed E-state index contributed by atoms with van der Waals surface area (Å²) in [6.07, 6.45) is -4.93. The lowest BCUT2D eigenvalue weighted by molar-refractivity contribution is -0.274. The fraction of sp³-hybridized carbons (Fsp3) is 0.153. The number of rotatable bonds is 5. The monoisotopic (exact) mass is 868 g/mol. The summed E-state index contributed by atoms with van der Waals surface area (Å²) in [5.41, 5.74) is 14.5. The molecule has 0 unspecified atom stereocenters. The van der Waals surface area contributed by atoms with E-state index in [0.29, 0.717) is 11.4 Å². The van der Waals surface area contributed by atoms with Gasteiger partial charge in [0.1, 0.15) is 5.75 Å². The molecular weight excluding hydrogens is 820 g/mol. The van der Waals surface area contributed by atoms with E-state index in [-0.39, 0.29) is 23.3 Å². The minimum atomic E-state index is -4.93. The fourth-order valence-corrected chi connectivity index (χ4v) is 10.2. The van der Waals surface area contributed by atoms with Crippen LogP contribution in [0.3, 0.4) is 0 Å². The van der Waals surface area contributed by atoms with Crippen molar-refractivity contribution in [3.05, 3.63) is 193 Å². The van der Waals surface area contributed by atoms with Crippen LogP contribution in [0.2, 0.25) is 0 Å². The van der Waals surface area contributed by atoms with Crippen molar-refractivity contribution in [2.75, 3.05) is 9.80 Å². The topological polar surface area (TPSA) is 15.7 Å². The van der Waals surface area contributed by atoms with Crippen LogP contribution in [0.15, 0.2) is 182 Å². The first-order valence-corrected chi connectivity index (χ1v) is 22.6. The maximum absolute atomic E-state index is 14.6. The summed E-state index contributed by atoms with van der Waals surface area (Å²) in [6.45, 7) is 12.9. The van der Waals surface area contributed by atoms with Crippen molar-refractivity contribution in [1.82, 2.24) is 0 Å². The Morgan fingerprint density at radius 3 is 1.20 bits per heavy atom. The molecule has 2 heterocycles. The molecule has 0 aliphatic carbocycles. The number of halogens is 3. The summed E-state index contributed by atoms with van der Waals surface area (Å²) in [7, 11) is 0. The van der Waals surface area contributed by atoms with Gasteiger partial charge in [0.15, 0.2) is 0 Å². The van der Waals surface area contributed by atoms with Gasteiger partial charge in [-0.05, 0) is 95.6 Å². The second-order valence-corrected chi connectivity index (χ2v) is 19.7. The molecular formula is C59H48BF3N2O. The van der Waals surface area contributed by atoms with Crippen molar-refractivity contribution < 1.29 is 17.9 Å². The number of alkyl halides is 3. The van der Waals surface area contributed by atoms with Crippen LogP contribution in [0.5, 0.6) is 5.75 Å². The smallest absolute Gasteiger partial charge is 0.406 e. The molecule has 0 bridgehead atoms. The van der Waals surface area contributed by atoms with Gasteiger partial charge < -0.3 is 14.5 Å². The molecule has 324 valence electrons. The molecule has 0 fully saturated rings. The third-order valence-electron chi connectivity index (χ3n) is 13.5. The molecule has 0 aromatic heterocycles. The average Bonchev–Trinajstić information content (AvgIpc) is 3.30. The Labute approximate surface area is 384 Å². The lowest BCUT2D eigenvalue weighted by Gasteiger charge is -2.45. The highest BCUT2D eigenvalue weighted by Crippen LogP contribution is 2.49. The maximum Gasteiger partial charge on any atom is 0.573 e. The van der Waals surface area contributed by atoms with Gasteiger partial charge in [0.05, 0.1) is 11.4 Å². The molecule has 11 rings (SSSR count). The van der Waals surface area contributed by atoms with E-state index in [1.54, 1.807) is 12.1 Å². The van der Waals surface area contributed by atoms with E-state index in [1.807, 2.05) is 36.4 Å². The largest absolute Gasteiger partial charge is 0.573 e. The maximum atomic E-state index is 14.6. The molecule has 0 saturated heterocycles. The minimum absolute atomic E-state index is 0.00529. The number of ether oxygens (including phenoxy) is 1. The standard InChI is InChI=1S/C59H48BF3N2O/c1-57(2,3)43-27-21-37(22-28-43)41-25-31-52-48(33-41)60-49-34-42(38-23-29-44(30-24-38)58(4,5)6)26-32-53(49)65(51-20-12-16-40-14-8-10-18-47(40)51)55-36-45(66-59(61,62)63)35-54(56(55)60)64(52)50-19-11-15-39-13-7-9-17-46(39)50/h7-36H,1-6H3. The van der Waals surface area contributed by atoms with Crippen LogP contribution < -0.4 is 30.9 Å². The van der Waals surface area contributed by atoms with E-state index >= 15 is 0 Å². The third kappa shape index (κ3) is 7.09. The minimum Gasteiger partial charge on any atom is -0.406 e. The summed E-state index contributed by atoms with van der Waals surface area (Å²) in [4.78, 5) is 4.31. The highest BCUT2D eigenvalue weighted by atomic mass is 19.4. The van der Waals surface area contributed by atoms with Gasteiger partial charge in [-0.2, -0.15) is 0 Å². The van der Waals surface area contributed by atoms with Gasteiger partial charge in [0, 0.05) is 45.7 Å². The van der Waals surface area contributed by atoms with E-state index in [0.717, 1.165) is 82.9 Å². The number of hydrogen-bond acceptors (Lipinski definition) is 3. The number of fused-ring (bicyclic) bond motifs is 6. The van der Waals surface area contributed by atoms with Crippen molar-refractivity contribution in [2.45, 2.75) is 58.7 Å². The molecule has 0 saturated carbocycles. The average molecular weight is 869 g/mol. The summed E-state index contributed by atoms with van der Waals surface area (Å²) in [6, 6.07) is 62.7. The zero-order chi connectivity index (χ0) is 45.7. The summed E-state index contributed by atoms with van der Waals surface area (Å²) < 4.78 is 48.7. The first kappa shape index (κ1) is 41.5. The second kappa shape index (κ2) is 15.2. The van der Waals surface area contributed by atoms with E-state index in [9.17, 15) is 13.2 Å². The Hall–Kier alpha value is -7.25. The molecule has 2 aliphatic heterocycles. The summed E-state index contributed by atoms with van der Waals surface area (Å²) in [5.74, 6) is -0.288. The highest BCUT2D eigenvalue weighted by molar-refractivity contribution is 7.00. The van der Waals surface area contributed by atoms with Gasteiger partial charge in [0.25, 0.3) is 6.71 Å². The molecule has 9 aromatic rings. The van der Waals surface area contributed by atoms with Gasteiger partial charge >= 0.3 is 6.36 Å². The Kier molecular flexibility index (Phi) is 9.53. The lowest BCUT2D eigenvalue weighted by atomic mass is 9.33. The van der Waals surface area contributed by atoms with Crippen molar-refractivity contribution in [1.29, 1.82) is 0 Å². The zero-order valence-electron chi connectivity index (χ0n) is 37.8. The van der Waals surface area contributed by atoms with E-state index in [4.69, 9.17) is 4.74 Å². The van der Waals surface area contributed by atoms with Gasteiger partial charge in [-0.1, -0.05) is 187 Å². The normalized spacial score (nSPS) is 13.4. The Balaban J connectivity index is 1.25. The number of nitrogens with zero attached hydrogens (tertiary/aromatic N) is 2. The molecule has 0 spiro atoms. The van der Waals surface area contributed by atoms with Crippen LogP contribution in [0.25, 0.3) is 43.8 Å². The van der Waals surface area contributed by atoms with Gasteiger partial charge in [-0.25, -0.2) is 0 Å². The van der Waals surface area contributed by atoms with Crippen LogP contribution in [0.1, 0.15) is 52.7 Å². The van der Waals surface area contributed by atoms with Crippen LogP contribution in [-0.2, 0) is 10.8 Å². The molecule has 0 atom stereocenters. The second-order valence-electron chi connectivity index (χ2n) is 19.7. The molecule has 2 aliphatic rings. The first-order valence-electron chi connectivity index (χ1n) is 22.6. The molecule has 0 N–H and O–H groups in total. The van der Waals surface area contributed by atoms with E-state index < -0.39 is 6.36 Å².